The highest BCUT2D eigenvalue weighted by molar-refractivity contribution is 5.96. The van der Waals surface area contributed by atoms with E-state index in [4.69, 9.17) is 22.6 Å². The summed E-state index contributed by atoms with van der Waals surface area (Å²) in [6, 6.07) is 16.2. The summed E-state index contributed by atoms with van der Waals surface area (Å²) in [6.07, 6.45) is -9.21. The van der Waals surface area contributed by atoms with Crippen LogP contribution in [0.1, 0.15) is 11.1 Å². The third kappa shape index (κ3) is 5.79. The fraction of sp³-hybridized carbons (Fsp3) is 0.0667. The van der Waals surface area contributed by atoms with Crippen LogP contribution in [0, 0.1) is 35.8 Å². The van der Waals surface area contributed by atoms with Gasteiger partial charge >= 0.3 is 12.4 Å². The Hall–Kier alpha value is -5.98. The standard InChI is InChI=1S/C30H12F6N4O2/c1-39-25(15-37)23-13-11-22-21(27(23)41-19-7-3-17(4-8-19)29(31,32)33)12-14-24(26(16-38)40-2)28(22)42-20-9-5-18(6-10-20)30(34,35)36/h3-14H/b25-23-,26-24+. The molecule has 42 heavy (non-hydrogen) atoms. The third-order valence-corrected chi connectivity index (χ3v) is 5.85. The van der Waals surface area contributed by atoms with Crippen LogP contribution in [0.5, 0.6) is 23.0 Å². The molecule has 0 N–H and O–H groups in total. The van der Waals surface area contributed by atoms with E-state index in [0.29, 0.717) is 0 Å². The minimum atomic E-state index is -4.60. The molecule has 0 aliphatic rings. The SMILES string of the molecule is [C-]#[N+]/C(C#N)=c1/ccc2c(Oc3ccc(C(F)(F)F)cc3)/c(=C(\C#N)[N+]#[C-])ccc2c1Oc1ccc(C(F)(F)F)cc1. The Morgan fingerprint density at radius 1 is 0.571 bits per heavy atom. The Balaban J connectivity index is 2.01. The zero-order valence-electron chi connectivity index (χ0n) is 20.8. The molecule has 4 aromatic carbocycles. The predicted octanol–water partition coefficient (Wildman–Crippen LogP) is 7.56. The average molecular weight is 574 g/mol. The van der Waals surface area contributed by atoms with Crippen LogP contribution in [0.2, 0.25) is 0 Å². The van der Waals surface area contributed by atoms with Crippen molar-refractivity contribution >= 4 is 22.2 Å². The molecule has 4 aromatic rings. The monoisotopic (exact) mass is 574 g/mol. The van der Waals surface area contributed by atoms with E-state index in [1.165, 1.54) is 24.3 Å². The molecule has 0 spiro atoms. The summed E-state index contributed by atoms with van der Waals surface area (Å²) in [5.41, 5.74) is -2.68. The highest BCUT2D eigenvalue weighted by Crippen LogP contribution is 2.36. The molecule has 0 unspecified atom stereocenters. The Kier molecular flexibility index (Phi) is 7.77. The van der Waals surface area contributed by atoms with Crippen molar-refractivity contribution in [1.82, 2.24) is 0 Å². The number of rotatable bonds is 4. The van der Waals surface area contributed by atoms with E-state index in [2.05, 4.69) is 9.69 Å². The van der Waals surface area contributed by atoms with Crippen molar-refractivity contribution in [3.8, 4) is 35.1 Å². The van der Waals surface area contributed by atoms with Crippen molar-refractivity contribution in [3.05, 3.63) is 117 Å². The first kappa shape index (κ1) is 29.0. The largest absolute Gasteiger partial charge is 0.457 e. The van der Waals surface area contributed by atoms with Gasteiger partial charge in [-0.2, -0.15) is 26.3 Å². The van der Waals surface area contributed by atoms with Crippen LogP contribution in [0.3, 0.4) is 0 Å². The van der Waals surface area contributed by atoms with E-state index in [1.807, 2.05) is 0 Å². The molecule has 206 valence electrons. The minimum absolute atomic E-state index is 0.0113. The lowest BCUT2D eigenvalue weighted by molar-refractivity contribution is -0.138. The summed E-state index contributed by atoms with van der Waals surface area (Å²) in [7, 11) is 0. The predicted molar refractivity (Wildman–Crippen MR) is 137 cm³/mol. The molecule has 0 radical (unpaired) electrons. The van der Waals surface area contributed by atoms with Gasteiger partial charge in [-0.25, -0.2) is 20.2 Å². The molecule has 0 amide bonds. The van der Waals surface area contributed by atoms with Gasteiger partial charge < -0.3 is 9.47 Å². The van der Waals surface area contributed by atoms with E-state index < -0.39 is 34.9 Å². The number of halogens is 6. The molecule has 0 aliphatic heterocycles. The molecule has 0 heterocycles. The topological polar surface area (TPSA) is 74.8 Å². The molecule has 0 aromatic heterocycles. The summed E-state index contributed by atoms with van der Waals surface area (Å²) in [5, 5.41) is 19.3. The van der Waals surface area contributed by atoms with Crippen molar-refractivity contribution in [2.24, 2.45) is 0 Å². The number of benzene rings is 4. The number of alkyl halides is 6. The molecule has 0 saturated carbocycles. The van der Waals surface area contributed by atoms with Crippen LogP contribution in [-0.2, 0) is 12.4 Å². The maximum absolute atomic E-state index is 13.1. The lowest BCUT2D eigenvalue weighted by atomic mass is 10.0. The van der Waals surface area contributed by atoms with Crippen LogP contribution in [0.4, 0.5) is 26.3 Å². The second-order valence-corrected chi connectivity index (χ2v) is 8.37. The fourth-order valence-corrected chi connectivity index (χ4v) is 3.89. The van der Waals surface area contributed by atoms with E-state index in [0.717, 1.165) is 48.5 Å². The van der Waals surface area contributed by atoms with Gasteiger partial charge in [0, 0.05) is 21.2 Å². The van der Waals surface area contributed by atoms with Gasteiger partial charge in [-0.3, -0.25) is 0 Å². The Labute approximate surface area is 233 Å². The van der Waals surface area contributed by atoms with Gasteiger partial charge in [-0.05, 0) is 48.5 Å². The lowest BCUT2D eigenvalue weighted by Gasteiger charge is -2.16. The second kappa shape index (κ2) is 11.3. The zero-order valence-corrected chi connectivity index (χ0v) is 20.8. The zero-order chi connectivity index (χ0) is 30.7. The highest BCUT2D eigenvalue weighted by atomic mass is 19.4. The van der Waals surface area contributed by atoms with Gasteiger partial charge in [0.2, 0.25) is 0 Å². The van der Waals surface area contributed by atoms with Crippen molar-refractivity contribution < 1.29 is 35.8 Å². The summed E-state index contributed by atoms with van der Waals surface area (Å²) in [6.45, 7) is 14.8. The van der Waals surface area contributed by atoms with Crippen molar-refractivity contribution in [1.29, 1.82) is 10.5 Å². The van der Waals surface area contributed by atoms with Crippen LogP contribution >= 0.6 is 0 Å². The van der Waals surface area contributed by atoms with Crippen LogP contribution in [0.15, 0.2) is 72.8 Å². The first-order valence-electron chi connectivity index (χ1n) is 11.5. The first-order valence-corrected chi connectivity index (χ1v) is 11.5. The quantitative estimate of drug-likeness (QED) is 0.186. The average Bonchev–Trinajstić information content (AvgIpc) is 2.95. The van der Waals surface area contributed by atoms with Crippen molar-refractivity contribution in [3.63, 3.8) is 0 Å². The molecule has 6 nitrogen and oxygen atoms in total. The molecular weight excluding hydrogens is 562 g/mol. The lowest BCUT2D eigenvalue weighted by Crippen LogP contribution is -2.13. The normalized spacial score (nSPS) is 12.7. The summed E-state index contributed by atoms with van der Waals surface area (Å²) in [5.74, 6) is -0.382. The molecule has 0 saturated heterocycles. The Bertz CT molecular complexity index is 1810. The highest BCUT2D eigenvalue weighted by Gasteiger charge is 2.31. The molecular formula is C30H12F6N4O2. The van der Waals surface area contributed by atoms with E-state index in [9.17, 15) is 36.9 Å². The molecule has 4 rings (SSSR count). The molecule has 0 bridgehead atoms. The van der Waals surface area contributed by atoms with E-state index >= 15 is 0 Å². The van der Waals surface area contributed by atoms with Gasteiger partial charge in [-0.1, -0.05) is 24.3 Å². The van der Waals surface area contributed by atoms with Crippen molar-refractivity contribution in [2.75, 3.05) is 0 Å². The van der Waals surface area contributed by atoms with E-state index in [-0.39, 0.29) is 44.2 Å². The Morgan fingerprint density at radius 3 is 1.17 bits per heavy atom. The number of hydrogen-bond donors (Lipinski definition) is 0. The number of nitriles is 2. The molecule has 0 fully saturated rings. The minimum Gasteiger partial charge on any atom is -0.457 e. The number of fused-ring (bicyclic) bond motifs is 1. The number of hydrogen-bond acceptors (Lipinski definition) is 4. The van der Waals surface area contributed by atoms with Crippen LogP contribution in [-0.4, -0.2) is 0 Å². The van der Waals surface area contributed by atoms with Gasteiger partial charge in [0.05, 0.1) is 36.4 Å². The smallest absolute Gasteiger partial charge is 0.416 e. The fourth-order valence-electron chi connectivity index (χ4n) is 3.89. The van der Waals surface area contributed by atoms with Gasteiger partial charge in [-0.15, -0.1) is 0 Å². The van der Waals surface area contributed by atoms with Crippen LogP contribution < -0.4 is 19.9 Å². The third-order valence-electron chi connectivity index (χ3n) is 5.85. The Morgan fingerprint density at radius 2 is 0.905 bits per heavy atom. The number of nitrogens with zero attached hydrogens (tertiary/aromatic N) is 4. The molecule has 12 heteroatoms. The first-order chi connectivity index (χ1) is 19.9. The van der Waals surface area contributed by atoms with Gasteiger partial charge in [0.15, 0.2) is 0 Å². The van der Waals surface area contributed by atoms with Gasteiger partial charge in [0.1, 0.15) is 23.0 Å². The summed E-state index contributed by atoms with van der Waals surface area (Å²) in [4.78, 5) is 6.38. The maximum Gasteiger partial charge on any atom is 0.416 e. The number of ether oxygens (including phenoxy) is 2. The summed E-state index contributed by atoms with van der Waals surface area (Å²) < 4.78 is 90.1. The molecule has 0 aliphatic carbocycles. The molecule has 0 atom stereocenters. The maximum atomic E-state index is 13.1. The van der Waals surface area contributed by atoms with Crippen molar-refractivity contribution in [2.45, 2.75) is 12.4 Å². The van der Waals surface area contributed by atoms with E-state index in [1.54, 1.807) is 12.1 Å². The van der Waals surface area contributed by atoms with Gasteiger partial charge in [0.25, 0.3) is 11.4 Å². The van der Waals surface area contributed by atoms with Crippen LogP contribution in [0.25, 0.3) is 31.9 Å². The summed E-state index contributed by atoms with van der Waals surface area (Å²) >= 11 is 0. The second-order valence-electron chi connectivity index (χ2n) is 8.37.